The minimum absolute atomic E-state index is 0.950. The van der Waals surface area contributed by atoms with Crippen LogP contribution in [0.5, 0.6) is 0 Å². The summed E-state index contributed by atoms with van der Waals surface area (Å²) < 4.78 is 0. The number of hydrazine groups is 2. The van der Waals surface area contributed by atoms with E-state index in [9.17, 15) is 0 Å². The molecule has 0 saturated heterocycles. The minimum atomic E-state index is 0.950. The summed E-state index contributed by atoms with van der Waals surface area (Å²) in [5.74, 6) is 0. The van der Waals surface area contributed by atoms with Crippen LogP contribution >= 0.6 is 0 Å². The Hall–Kier alpha value is -2.33. The van der Waals surface area contributed by atoms with Crippen LogP contribution in [-0.2, 0) is 0 Å². The van der Waals surface area contributed by atoms with Crippen LogP contribution < -0.4 is 10.5 Å². The molecule has 0 saturated carbocycles. The lowest BCUT2D eigenvalue weighted by Crippen LogP contribution is -2.37. The molecular weight excluding hydrogens is 224 g/mol. The van der Waals surface area contributed by atoms with Gasteiger partial charge in [-0.3, -0.25) is 15.0 Å². The molecule has 90 valence electrons. The summed E-state index contributed by atoms with van der Waals surface area (Å²) in [5, 5.41) is 3.93. The monoisotopic (exact) mass is 238 g/mol. The van der Waals surface area contributed by atoms with E-state index >= 15 is 0 Å². The van der Waals surface area contributed by atoms with Gasteiger partial charge in [-0.1, -0.05) is 24.3 Å². The third kappa shape index (κ3) is 1.94. The lowest BCUT2D eigenvalue weighted by Gasteiger charge is -2.20. The number of benzene rings is 1. The minimum Gasteiger partial charge on any atom is -0.290 e. The molecule has 0 spiro atoms. The lowest BCUT2D eigenvalue weighted by atomic mass is 10.3. The highest BCUT2D eigenvalue weighted by Gasteiger charge is 2.19. The van der Waals surface area contributed by atoms with Crippen molar-refractivity contribution >= 4 is 11.4 Å². The topological polar surface area (TPSA) is 31.4 Å². The smallest absolute Gasteiger partial charge is 0.0969 e. The third-order valence-corrected chi connectivity index (χ3v) is 2.83. The normalized spacial score (nSPS) is 14.8. The van der Waals surface area contributed by atoms with Crippen molar-refractivity contribution in [3.05, 3.63) is 66.6 Å². The summed E-state index contributed by atoms with van der Waals surface area (Å²) in [5.41, 5.74) is 6.34. The summed E-state index contributed by atoms with van der Waals surface area (Å²) in [6.45, 7) is 0. The van der Waals surface area contributed by atoms with Gasteiger partial charge in [0.05, 0.1) is 23.3 Å². The molecule has 0 amide bonds. The van der Waals surface area contributed by atoms with E-state index in [2.05, 4.69) is 22.7 Å². The first-order valence-electron chi connectivity index (χ1n) is 5.82. The van der Waals surface area contributed by atoms with Crippen molar-refractivity contribution in [3.63, 3.8) is 0 Å². The maximum atomic E-state index is 4.36. The second kappa shape index (κ2) is 4.50. The molecule has 0 fully saturated rings. The zero-order valence-corrected chi connectivity index (χ0v) is 10.1. The first-order chi connectivity index (χ1) is 8.84. The predicted molar refractivity (Wildman–Crippen MR) is 72.0 cm³/mol. The molecule has 3 rings (SSSR count). The number of nitrogens with zero attached hydrogens (tertiary/aromatic N) is 3. The standard InChI is InChI=1S/C14H14N4/c1-17-14(13-9-5-6-10-15-13)11-18(16-17)12-7-3-2-4-8-12/h2-11,16H,1H3. The third-order valence-electron chi connectivity index (χ3n) is 2.83. The molecule has 0 unspecified atom stereocenters. The van der Waals surface area contributed by atoms with E-state index in [0.29, 0.717) is 0 Å². The molecule has 1 aliphatic rings. The second-order valence-electron chi connectivity index (χ2n) is 4.09. The van der Waals surface area contributed by atoms with E-state index in [-0.39, 0.29) is 0 Å². The molecule has 2 aromatic rings. The first-order valence-corrected chi connectivity index (χ1v) is 5.82. The van der Waals surface area contributed by atoms with E-state index in [1.54, 1.807) is 6.20 Å². The molecule has 1 aromatic carbocycles. The Labute approximate surface area is 106 Å². The number of rotatable bonds is 2. The Morgan fingerprint density at radius 3 is 2.50 bits per heavy atom. The molecule has 4 heteroatoms. The maximum Gasteiger partial charge on any atom is 0.0969 e. The average molecular weight is 238 g/mol. The number of nitrogens with one attached hydrogen (secondary N) is 1. The summed E-state index contributed by atoms with van der Waals surface area (Å²) >= 11 is 0. The summed E-state index contributed by atoms with van der Waals surface area (Å²) in [4.78, 5) is 4.36. The number of hydrogen-bond donors (Lipinski definition) is 1. The Kier molecular flexibility index (Phi) is 2.70. The molecule has 1 aromatic heterocycles. The van der Waals surface area contributed by atoms with E-state index in [0.717, 1.165) is 17.1 Å². The fourth-order valence-corrected chi connectivity index (χ4v) is 1.93. The number of para-hydroxylation sites is 1. The van der Waals surface area contributed by atoms with Crippen LogP contribution in [0.1, 0.15) is 5.69 Å². The van der Waals surface area contributed by atoms with Gasteiger partial charge < -0.3 is 0 Å². The van der Waals surface area contributed by atoms with E-state index < -0.39 is 0 Å². The number of pyridine rings is 1. The Morgan fingerprint density at radius 2 is 1.78 bits per heavy atom. The van der Waals surface area contributed by atoms with Crippen molar-refractivity contribution in [2.24, 2.45) is 0 Å². The van der Waals surface area contributed by atoms with Crippen LogP contribution in [0, 0.1) is 0 Å². The van der Waals surface area contributed by atoms with Gasteiger partial charge >= 0.3 is 0 Å². The van der Waals surface area contributed by atoms with Gasteiger partial charge in [0.15, 0.2) is 0 Å². The van der Waals surface area contributed by atoms with Gasteiger partial charge in [-0.05, 0) is 24.3 Å². The maximum absolute atomic E-state index is 4.36. The van der Waals surface area contributed by atoms with Gasteiger partial charge in [0, 0.05) is 13.2 Å². The summed E-state index contributed by atoms with van der Waals surface area (Å²) in [7, 11) is 1.98. The van der Waals surface area contributed by atoms with E-state index in [1.807, 2.05) is 59.7 Å². The van der Waals surface area contributed by atoms with Crippen LogP contribution in [0.25, 0.3) is 5.70 Å². The SMILES string of the molecule is CN1NN(c2ccccc2)C=C1c1ccccn1. The molecule has 0 bridgehead atoms. The highest BCUT2D eigenvalue weighted by molar-refractivity contribution is 5.67. The van der Waals surface area contributed by atoms with Crippen LogP contribution in [0.3, 0.4) is 0 Å². The van der Waals surface area contributed by atoms with E-state index in [4.69, 9.17) is 0 Å². The quantitative estimate of drug-likeness (QED) is 0.869. The molecule has 2 heterocycles. The molecular formula is C14H14N4. The van der Waals surface area contributed by atoms with Gasteiger partial charge in [-0.2, -0.15) is 0 Å². The van der Waals surface area contributed by atoms with Gasteiger partial charge in [0.1, 0.15) is 0 Å². The van der Waals surface area contributed by atoms with Gasteiger partial charge in [-0.25, -0.2) is 0 Å². The van der Waals surface area contributed by atoms with Crippen LogP contribution in [0.4, 0.5) is 5.69 Å². The van der Waals surface area contributed by atoms with Crippen LogP contribution in [-0.4, -0.2) is 17.0 Å². The summed E-state index contributed by atoms with van der Waals surface area (Å²) in [6, 6.07) is 16.1. The zero-order chi connectivity index (χ0) is 12.4. The number of hydrogen-bond acceptors (Lipinski definition) is 4. The van der Waals surface area contributed by atoms with Crippen LogP contribution in [0.2, 0.25) is 0 Å². The fourth-order valence-electron chi connectivity index (χ4n) is 1.93. The Balaban J connectivity index is 1.93. The molecule has 1 N–H and O–H groups in total. The van der Waals surface area contributed by atoms with Crippen molar-refractivity contribution in [3.8, 4) is 0 Å². The van der Waals surface area contributed by atoms with E-state index in [1.165, 1.54) is 0 Å². The van der Waals surface area contributed by atoms with Gasteiger partial charge in [0.25, 0.3) is 0 Å². The molecule has 0 atom stereocenters. The summed E-state index contributed by atoms with van der Waals surface area (Å²) in [6.07, 6.45) is 3.84. The molecule has 0 aliphatic carbocycles. The second-order valence-corrected chi connectivity index (χ2v) is 4.09. The Morgan fingerprint density at radius 1 is 1.00 bits per heavy atom. The van der Waals surface area contributed by atoms with Gasteiger partial charge in [-0.15, -0.1) is 5.53 Å². The fraction of sp³-hybridized carbons (Fsp3) is 0.0714. The molecule has 4 nitrogen and oxygen atoms in total. The average Bonchev–Trinajstić information content (AvgIpc) is 2.83. The largest absolute Gasteiger partial charge is 0.290 e. The molecule has 18 heavy (non-hydrogen) atoms. The molecule has 0 radical (unpaired) electrons. The number of aromatic nitrogens is 1. The molecule has 1 aliphatic heterocycles. The number of anilines is 1. The zero-order valence-electron chi connectivity index (χ0n) is 10.1. The van der Waals surface area contributed by atoms with Crippen molar-refractivity contribution in [2.45, 2.75) is 0 Å². The van der Waals surface area contributed by atoms with Crippen molar-refractivity contribution in [1.82, 2.24) is 15.5 Å². The predicted octanol–water partition coefficient (Wildman–Crippen LogP) is 2.25. The van der Waals surface area contributed by atoms with Gasteiger partial charge in [0.2, 0.25) is 0 Å². The highest BCUT2D eigenvalue weighted by atomic mass is 15.8. The lowest BCUT2D eigenvalue weighted by molar-refractivity contribution is 0.375. The Bertz CT molecular complexity index is 551. The van der Waals surface area contributed by atoms with Crippen LogP contribution in [0.15, 0.2) is 60.9 Å². The van der Waals surface area contributed by atoms with Crippen molar-refractivity contribution in [1.29, 1.82) is 0 Å². The van der Waals surface area contributed by atoms with Crippen molar-refractivity contribution in [2.75, 3.05) is 12.1 Å². The van der Waals surface area contributed by atoms with Crippen molar-refractivity contribution < 1.29 is 0 Å². The highest BCUT2D eigenvalue weighted by Crippen LogP contribution is 2.23. The first kappa shape index (κ1) is 10.8.